The number of hydrogen-bond donors (Lipinski definition) is 1. The van der Waals surface area contributed by atoms with E-state index in [0.29, 0.717) is 0 Å². The molecule has 3 nitrogen and oxygen atoms in total. The molecule has 0 spiro atoms. The molecule has 2 N–H and O–H groups in total. The molecular weight excluding hydrogens is 302 g/mol. The molecule has 0 saturated carbocycles. The number of aromatic nitrogens is 2. The Morgan fingerprint density at radius 1 is 1.26 bits per heavy atom. The molecule has 1 aromatic heterocycles. The second kappa shape index (κ2) is 5.88. The van der Waals surface area contributed by atoms with Gasteiger partial charge in [0.2, 0.25) is 0 Å². The third kappa shape index (κ3) is 2.90. The molecule has 0 aliphatic carbocycles. The highest BCUT2D eigenvalue weighted by atomic mass is 79.9. The minimum atomic E-state index is 0.0415. The van der Waals surface area contributed by atoms with E-state index in [1.165, 1.54) is 5.69 Å². The van der Waals surface area contributed by atoms with Crippen LogP contribution in [0.2, 0.25) is 0 Å². The molecule has 0 aliphatic rings. The maximum atomic E-state index is 5.91. The van der Waals surface area contributed by atoms with Crippen LogP contribution in [0.5, 0.6) is 0 Å². The fourth-order valence-corrected chi connectivity index (χ4v) is 2.65. The van der Waals surface area contributed by atoms with Crippen LogP contribution >= 0.6 is 15.9 Å². The predicted octanol–water partition coefficient (Wildman–Crippen LogP) is 3.78. The monoisotopic (exact) mass is 321 g/mol. The van der Waals surface area contributed by atoms with Crippen molar-refractivity contribution in [1.29, 1.82) is 0 Å². The maximum absolute atomic E-state index is 5.91. The Kier molecular flexibility index (Phi) is 4.42. The van der Waals surface area contributed by atoms with Crippen LogP contribution in [0.1, 0.15) is 43.8 Å². The van der Waals surface area contributed by atoms with E-state index in [1.54, 1.807) is 0 Å². The van der Waals surface area contributed by atoms with Gasteiger partial charge in [-0.1, -0.05) is 19.9 Å². The first-order chi connectivity index (χ1) is 9.06. The van der Waals surface area contributed by atoms with Crippen molar-refractivity contribution in [3.05, 3.63) is 45.7 Å². The standard InChI is InChI=1S/C15H20BrN3/c1-4-12-9-13(5-2)19(18-12)15-7-6-11(10(3)17)8-14(15)16/h6-10H,4-5,17H2,1-3H3/t10-/m0/s1. The van der Waals surface area contributed by atoms with Crippen LogP contribution in [0.3, 0.4) is 0 Å². The van der Waals surface area contributed by atoms with Crippen molar-refractivity contribution in [2.75, 3.05) is 0 Å². The van der Waals surface area contributed by atoms with Crippen molar-refractivity contribution in [1.82, 2.24) is 9.78 Å². The number of nitrogens with zero attached hydrogens (tertiary/aromatic N) is 2. The molecule has 0 radical (unpaired) electrons. The topological polar surface area (TPSA) is 43.8 Å². The zero-order chi connectivity index (χ0) is 14.0. The normalized spacial score (nSPS) is 12.7. The van der Waals surface area contributed by atoms with E-state index in [2.05, 4.69) is 59.1 Å². The van der Waals surface area contributed by atoms with Crippen LogP contribution in [-0.4, -0.2) is 9.78 Å². The summed E-state index contributed by atoms with van der Waals surface area (Å²) < 4.78 is 3.05. The summed E-state index contributed by atoms with van der Waals surface area (Å²) in [4.78, 5) is 0. The quantitative estimate of drug-likeness (QED) is 0.931. The average Bonchev–Trinajstić information content (AvgIpc) is 2.81. The third-order valence-electron chi connectivity index (χ3n) is 3.28. The van der Waals surface area contributed by atoms with E-state index in [0.717, 1.165) is 34.3 Å². The summed E-state index contributed by atoms with van der Waals surface area (Å²) in [5.41, 5.74) is 10.5. The van der Waals surface area contributed by atoms with Gasteiger partial charge in [-0.25, -0.2) is 4.68 Å². The van der Waals surface area contributed by atoms with Crippen LogP contribution < -0.4 is 5.73 Å². The highest BCUT2D eigenvalue weighted by molar-refractivity contribution is 9.10. The molecule has 19 heavy (non-hydrogen) atoms. The van der Waals surface area contributed by atoms with Crippen LogP contribution in [0.15, 0.2) is 28.7 Å². The molecule has 0 unspecified atom stereocenters. The molecule has 102 valence electrons. The lowest BCUT2D eigenvalue weighted by molar-refractivity contribution is 0.784. The van der Waals surface area contributed by atoms with Gasteiger partial charge in [-0.3, -0.25) is 0 Å². The van der Waals surface area contributed by atoms with Gasteiger partial charge in [0.1, 0.15) is 0 Å². The fourth-order valence-electron chi connectivity index (χ4n) is 2.09. The Morgan fingerprint density at radius 3 is 2.53 bits per heavy atom. The molecule has 2 rings (SSSR count). The highest BCUT2D eigenvalue weighted by Gasteiger charge is 2.11. The lowest BCUT2D eigenvalue weighted by Crippen LogP contribution is -2.07. The van der Waals surface area contributed by atoms with Crippen molar-refractivity contribution in [2.24, 2.45) is 5.73 Å². The number of hydrogen-bond acceptors (Lipinski definition) is 2. The van der Waals surface area contributed by atoms with E-state index in [1.807, 2.05) is 11.6 Å². The highest BCUT2D eigenvalue weighted by Crippen LogP contribution is 2.26. The Labute approximate surface area is 122 Å². The molecular formula is C15H20BrN3. The Morgan fingerprint density at radius 2 is 2.00 bits per heavy atom. The van der Waals surface area contributed by atoms with Crippen molar-refractivity contribution in [3.8, 4) is 5.69 Å². The summed E-state index contributed by atoms with van der Waals surface area (Å²) in [5.74, 6) is 0. The lowest BCUT2D eigenvalue weighted by Gasteiger charge is -2.12. The van der Waals surface area contributed by atoms with Crippen molar-refractivity contribution in [2.45, 2.75) is 39.7 Å². The summed E-state index contributed by atoms with van der Waals surface area (Å²) >= 11 is 3.63. The van der Waals surface area contributed by atoms with Gasteiger partial charge in [-0.15, -0.1) is 0 Å². The zero-order valence-corrected chi connectivity index (χ0v) is 13.2. The number of aryl methyl sites for hydroxylation is 2. The Hall–Kier alpha value is -1.13. The van der Waals surface area contributed by atoms with Gasteiger partial charge >= 0.3 is 0 Å². The summed E-state index contributed by atoms with van der Waals surface area (Å²) in [7, 11) is 0. The van der Waals surface area contributed by atoms with Gasteiger partial charge in [-0.2, -0.15) is 5.10 Å². The number of benzene rings is 1. The lowest BCUT2D eigenvalue weighted by atomic mass is 10.1. The number of rotatable bonds is 4. The molecule has 0 bridgehead atoms. The van der Waals surface area contributed by atoms with E-state index >= 15 is 0 Å². The second-order valence-electron chi connectivity index (χ2n) is 4.75. The first-order valence-corrected chi connectivity index (χ1v) is 7.49. The summed E-state index contributed by atoms with van der Waals surface area (Å²) in [6.07, 6.45) is 1.92. The summed E-state index contributed by atoms with van der Waals surface area (Å²) in [6, 6.07) is 8.43. The van der Waals surface area contributed by atoms with Gasteiger partial charge in [0.25, 0.3) is 0 Å². The molecule has 0 saturated heterocycles. The molecule has 1 aromatic carbocycles. The first-order valence-electron chi connectivity index (χ1n) is 6.70. The zero-order valence-electron chi connectivity index (χ0n) is 11.7. The van der Waals surface area contributed by atoms with Gasteiger partial charge in [0.05, 0.1) is 11.4 Å². The average molecular weight is 322 g/mol. The van der Waals surface area contributed by atoms with Crippen LogP contribution in [-0.2, 0) is 12.8 Å². The van der Waals surface area contributed by atoms with Crippen LogP contribution in [0, 0.1) is 0 Å². The molecule has 0 aliphatic heterocycles. The smallest absolute Gasteiger partial charge is 0.0791 e. The van der Waals surface area contributed by atoms with Gasteiger partial charge in [-0.05, 0) is 59.5 Å². The Bertz CT molecular complexity index is 573. The van der Waals surface area contributed by atoms with Gasteiger partial charge < -0.3 is 5.73 Å². The summed E-state index contributed by atoms with van der Waals surface area (Å²) in [6.45, 7) is 6.26. The van der Waals surface area contributed by atoms with Gasteiger partial charge in [0, 0.05) is 16.2 Å². The number of halogens is 1. The van der Waals surface area contributed by atoms with E-state index in [4.69, 9.17) is 5.73 Å². The summed E-state index contributed by atoms with van der Waals surface area (Å²) in [5, 5.41) is 4.66. The first kappa shape index (κ1) is 14.3. The van der Waals surface area contributed by atoms with Crippen molar-refractivity contribution >= 4 is 15.9 Å². The van der Waals surface area contributed by atoms with Crippen molar-refractivity contribution < 1.29 is 0 Å². The van der Waals surface area contributed by atoms with E-state index in [9.17, 15) is 0 Å². The minimum Gasteiger partial charge on any atom is -0.324 e. The van der Waals surface area contributed by atoms with Gasteiger partial charge in [0.15, 0.2) is 0 Å². The van der Waals surface area contributed by atoms with E-state index in [-0.39, 0.29) is 6.04 Å². The largest absolute Gasteiger partial charge is 0.324 e. The molecule has 2 aromatic rings. The van der Waals surface area contributed by atoms with Crippen molar-refractivity contribution in [3.63, 3.8) is 0 Å². The third-order valence-corrected chi connectivity index (χ3v) is 3.92. The number of nitrogens with two attached hydrogens (primary N) is 1. The SMILES string of the molecule is CCc1cc(CC)n(-c2ccc([C@H](C)N)cc2Br)n1. The molecule has 0 amide bonds. The molecule has 1 heterocycles. The molecule has 0 fully saturated rings. The van der Waals surface area contributed by atoms with E-state index < -0.39 is 0 Å². The Balaban J connectivity index is 2.49. The second-order valence-corrected chi connectivity index (χ2v) is 5.60. The van der Waals surface area contributed by atoms with Crippen LogP contribution in [0.4, 0.5) is 0 Å². The maximum Gasteiger partial charge on any atom is 0.0791 e. The molecule has 1 atom stereocenters. The predicted molar refractivity (Wildman–Crippen MR) is 82.6 cm³/mol. The fraction of sp³-hybridized carbons (Fsp3) is 0.400. The minimum absolute atomic E-state index is 0.0415. The van der Waals surface area contributed by atoms with Crippen LogP contribution in [0.25, 0.3) is 5.69 Å². The molecule has 4 heteroatoms.